The molecule has 1 saturated heterocycles. The van der Waals surface area contributed by atoms with Gasteiger partial charge in [-0.1, -0.05) is 23.7 Å². The summed E-state index contributed by atoms with van der Waals surface area (Å²) in [6, 6.07) is 8.34. The lowest BCUT2D eigenvalue weighted by Gasteiger charge is -2.35. The quantitative estimate of drug-likeness (QED) is 0.430. The number of nitrogens with zero attached hydrogens (tertiary/aromatic N) is 2. The van der Waals surface area contributed by atoms with E-state index in [2.05, 4.69) is 32.7 Å². The molecule has 0 spiro atoms. The van der Waals surface area contributed by atoms with E-state index in [9.17, 15) is 0 Å². The van der Waals surface area contributed by atoms with E-state index < -0.39 is 0 Å². The number of halogens is 2. The fraction of sp³-hybridized carbons (Fsp3) is 0.533. The molecule has 1 unspecified atom stereocenters. The van der Waals surface area contributed by atoms with Crippen LogP contribution in [0.2, 0.25) is 5.02 Å². The molecule has 5 nitrogen and oxygen atoms in total. The smallest absolute Gasteiger partial charge is 0.190 e. The lowest BCUT2D eigenvalue weighted by atomic mass is 10.0. The molecule has 1 aliphatic rings. The first-order chi connectivity index (χ1) is 10.2. The van der Waals surface area contributed by atoms with Crippen LogP contribution in [0, 0.1) is 0 Å². The van der Waals surface area contributed by atoms with Gasteiger partial charge < -0.3 is 15.4 Å². The molecule has 0 aromatic heterocycles. The minimum absolute atomic E-state index is 0. The lowest BCUT2D eigenvalue weighted by molar-refractivity contribution is 0.0170. The second kappa shape index (κ2) is 10.3. The van der Waals surface area contributed by atoms with Gasteiger partial charge in [-0.25, -0.2) is 0 Å². The summed E-state index contributed by atoms with van der Waals surface area (Å²) in [5.74, 6) is 0.794. The Kier molecular flexibility index (Phi) is 9.08. The van der Waals surface area contributed by atoms with Gasteiger partial charge in [0.25, 0.3) is 0 Å². The van der Waals surface area contributed by atoms with Crippen molar-refractivity contribution in [3.05, 3.63) is 34.9 Å². The third kappa shape index (κ3) is 5.57. The number of ether oxygens (including phenoxy) is 1. The zero-order chi connectivity index (χ0) is 15.1. The second-order valence-electron chi connectivity index (χ2n) is 4.92. The van der Waals surface area contributed by atoms with Crippen molar-refractivity contribution in [2.24, 2.45) is 4.99 Å². The van der Waals surface area contributed by atoms with Gasteiger partial charge in [0, 0.05) is 38.8 Å². The lowest BCUT2D eigenvalue weighted by Crippen LogP contribution is -2.45. The van der Waals surface area contributed by atoms with Crippen molar-refractivity contribution in [2.75, 3.05) is 46.9 Å². The minimum Gasteiger partial charge on any atom is -0.379 e. The number of rotatable bonds is 4. The zero-order valence-electron chi connectivity index (χ0n) is 13.0. The van der Waals surface area contributed by atoms with Gasteiger partial charge in [-0.2, -0.15) is 0 Å². The van der Waals surface area contributed by atoms with Gasteiger partial charge in [-0.05, 0) is 17.7 Å². The van der Waals surface area contributed by atoms with Gasteiger partial charge in [0.15, 0.2) is 5.96 Å². The number of hydrogen-bond acceptors (Lipinski definition) is 3. The number of aliphatic imine (C=N–C) groups is 1. The van der Waals surface area contributed by atoms with Crippen molar-refractivity contribution in [1.82, 2.24) is 15.5 Å². The maximum absolute atomic E-state index is 6.00. The first-order valence-corrected chi connectivity index (χ1v) is 7.58. The fourth-order valence-corrected chi connectivity index (χ4v) is 2.63. The van der Waals surface area contributed by atoms with Crippen LogP contribution in [0.15, 0.2) is 29.3 Å². The molecular formula is C15H24ClIN4O. The Morgan fingerprint density at radius 2 is 1.95 bits per heavy atom. The molecule has 2 N–H and O–H groups in total. The van der Waals surface area contributed by atoms with E-state index in [0.29, 0.717) is 0 Å². The van der Waals surface area contributed by atoms with Crippen LogP contribution in [0.5, 0.6) is 0 Å². The van der Waals surface area contributed by atoms with Crippen LogP contribution >= 0.6 is 35.6 Å². The van der Waals surface area contributed by atoms with Crippen LogP contribution in [-0.2, 0) is 4.74 Å². The molecule has 1 aliphatic heterocycles. The van der Waals surface area contributed by atoms with E-state index in [1.807, 2.05) is 19.2 Å². The van der Waals surface area contributed by atoms with Gasteiger partial charge in [0.05, 0.1) is 19.3 Å². The standard InChI is InChI=1S/C15H23ClN4O.HI/c1-17-15(18-2)19-11-14(20-7-9-21-10-8-20)12-3-5-13(16)6-4-12;/h3-6,14H,7-11H2,1-2H3,(H2,17,18,19);1H. The Morgan fingerprint density at radius 3 is 2.50 bits per heavy atom. The molecule has 0 saturated carbocycles. The molecule has 1 aromatic rings. The Bertz CT molecular complexity index is 463. The number of guanidine groups is 1. The van der Waals surface area contributed by atoms with Gasteiger partial charge in [0.1, 0.15) is 0 Å². The van der Waals surface area contributed by atoms with Crippen molar-refractivity contribution in [2.45, 2.75) is 6.04 Å². The van der Waals surface area contributed by atoms with E-state index in [1.54, 1.807) is 7.05 Å². The van der Waals surface area contributed by atoms with E-state index >= 15 is 0 Å². The molecule has 1 aromatic carbocycles. The predicted octanol–water partition coefficient (Wildman–Crippen LogP) is 2.13. The first kappa shape index (κ1) is 19.5. The van der Waals surface area contributed by atoms with E-state index in [4.69, 9.17) is 16.3 Å². The van der Waals surface area contributed by atoms with E-state index in [1.165, 1.54) is 5.56 Å². The zero-order valence-corrected chi connectivity index (χ0v) is 16.1. The number of benzene rings is 1. The van der Waals surface area contributed by atoms with Crippen LogP contribution in [0.25, 0.3) is 0 Å². The van der Waals surface area contributed by atoms with Crippen LogP contribution in [0.1, 0.15) is 11.6 Å². The average Bonchev–Trinajstić information content (AvgIpc) is 2.54. The van der Waals surface area contributed by atoms with Crippen molar-refractivity contribution >= 4 is 41.5 Å². The van der Waals surface area contributed by atoms with Gasteiger partial charge in [-0.15, -0.1) is 24.0 Å². The highest BCUT2D eigenvalue weighted by molar-refractivity contribution is 14.0. The van der Waals surface area contributed by atoms with Crippen molar-refractivity contribution in [3.8, 4) is 0 Å². The summed E-state index contributed by atoms with van der Waals surface area (Å²) in [5, 5.41) is 7.16. The molecule has 1 atom stereocenters. The maximum Gasteiger partial charge on any atom is 0.190 e. The first-order valence-electron chi connectivity index (χ1n) is 7.20. The van der Waals surface area contributed by atoms with Gasteiger partial charge in [0.2, 0.25) is 0 Å². The molecule has 0 aliphatic carbocycles. The third-order valence-electron chi connectivity index (χ3n) is 3.66. The van der Waals surface area contributed by atoms with E-state index in [0.717, 1.165) is 43.8 Å². The fourth-order valence-electron chi connectivity index (χ4n) is 2.50. The van der Waals surface area contributed by atoms with Crippen LogP contribution in [0.4, 0.5) is 0 Å². The summed E-state index contributed by atoms with van der Waals surface area (Å²) in [4.78, 5) is 6.59. The summed E-state index contributed by atoms with van der Waals surface area (Å²) < 4.78 is 5.45. The summed E-state index contributed by atoms with van der Waals surface area (Å²) in [6.45, 7) is 4.23. The van der Waals surface area contributed by atoms with Crippen LogP contribution < -0.4 is 10.6 Å². The molecule has 0 bridgehead atoms. The Labute approximate surface area is 154 Å². The third-order valence-corrected chi connectivity index (χ3v) is 3.92. The topological polar surface area (TPSA) is 48.9 Å². The molecule has 0 radical (unpaired) electrons. The monoisotopic (exact) mass is 438 g/mol. The Morgan fingerprint density at radius 1 is 1.32 bits per heavy atom. The summed E-state index contributed by atoms with van der Waals surface area (Å²) in [5.41, 5.74) is 1.25. The van der Waals surface area contributed by atoms with Crippen molar-refractivity contribution in [3.63, 3.8) is 0 Å². The number of morpholine rings is 1. The molecule has 1 fully saturated rings. The summed E-state index contributed by atoms with van der Waals surface area (Å²) >= 11 is 6.00. The van der Waals surface area contributed by atoms with E-state index in [-0.39, 0.29) is 30.0 Å². The highest BCUT2D eigenvalue weighted by atomic mass is 127. The van der Waals surface area contributed by atoms with Gasteiger partial charge >= 0.3 is 0 Å². The maximum atomic E-state index is 6.00. The Balaban J connectivity index is 0.00000242. The molecule has 2 rings (SSSR count). The second-order valence-corrected chi connectivity index (χ2v) is 5.36. The predicted molar refractivity (Wildman–Crippen MR) is 102 cm³/mol. The Hall–Kier alpha value is -0.570. The summed E-state index contributed by atoms with van der Waals surface area (Å²) in [6.07, 6.45) is 0. The number of nitrogens with one attached hydrogen (secondary N) is 2. The molecule has 7 heteroatoms. The SMILES string of the molecule is CN=C(NC)NCC(c1ccc(Cl)cc1)N1CCOCC1.I. The number of hydrogen-bond donors (Lipinski definition) is 2. The molecule has 0 amide bonds. The van der Waals surface area contributed by atoms with Crippen molar-refractivity contribution in [1.29, 1.82) is 0 Å². The highest BCUT2D eigenvalue weighted by Gasteiger charge is 2.22. The molecule has 124 valence electrons. The van der Waals surface area contributed by atoms with Crippen LogP contribution in [0.3, 0.4) is 0 Å². The normalized spacial score (nSPS) is 17.5. The molecular weight excluding hydrogens is 415 g/mol. The average molecular weight is 439 g/mol. The highest BCUT2D eigenvalue weighted by Crippen LogP contribution is 2.22. The summed E-state index contributed by atoms with van der Waals surface area (Å²) in [7, 11) is 3.63. The van der Waals surface area contributed by atoms with Crippen molar-refractivity contribution < 1.29 is 4.74 Å². The van der Waals surface area contributed by atoms with Gasteiger partial charge in [-0.3, -0.25) is 9.89 Å². The largest absolute Gasteiger partial charge is 0.379 e. The minimum atomic E-state index is 0. The molecule has 22 heavy (non-hydrogen) atoms. The van der Waals surface area contributed by atoms with Crippen LogP contribution in [-0.4, -0.2) is 57.8 Å². The molecule has 1 heterocycles.